The number of carbonyl (C=O) groups is 1. The van der Waals surface area contributed by atoms with Gasteiger partial charge in [0.2, 0.25) is 0 Å². The normalized spacial score (nSPS) is 21.7. The minimum absolute atomic E-state index is 0.0461. The molecule has 2 aliphatic heterocycles. The van der Waals surface area contributed by atoms with Crippen molar-refractivity contribution in [3.63, 3.8) is 0 Å². The first kappa shape index (κ1) is 17.5. The average molecular weight is 353 g/mol. The lowest BCUT2D eigenvalue weighted by Gasteiger charge is -2.31. The lowest BCUT2D eigenvalue weighted by molar-refractivity contribution is 0.0100. The summed E-state index contributed by atoms with van der Waals surface area (Å²) in [6.45, 7) is 7.76. The van der Waals surface area contributed by atoms with Gasteiger partial charge in [-0.25, -0.2) is 4.79 Å². The van der Waals surface area contributed by atoms with E-state index in [0.29, 0.717) is 17.5 Å². The Morgan fingerprint density at radius 2 is 2.12 bits per heavy atom. The summed E-state index contributed by atoms with van der Waals surface area (Å²) < 4.78 is 11.1. The quantitative estimate of drug-likeness (QED) is 0.794. The Labute approximate surface area is 148 Å². The number of fused-ring (bicyclic) bond motifs is 1. The number of ether oxygens (including phenoxy) is 2. The molecule has 0 spiro atoms. The van der Waals surface area contributed by atoms with Gasteiger partial charge in [0.05, 0.1) is 23.3 Å². The maximum atomic E-state index is 12.7. The van der Waals surface area contributed by atoms with Crippen molar-refractivity contribution in [2.45, 2.75) is 58.2 Å². The largest absolute Gasteiger partial charge is 0.444 e. The van der Waals surface area contributed by atoms with Gasteiger partial charge in [-0.05, 0) is 57.6 Å². The van der Waals surface area contributed by atoms with E-state index in [1.807, 2.05) is 26.8 Å². The number of rotatable bonds is 2. The highest BCUT2D eigenvalue weighted by atomic mass is 35.5. The number of amides is 1. The van der Waals surface area contributed by atoms with Crippen LogP contribution in [0.3, 0.4) is 0 Å². The van der Waals surface area contributed by atoms with Crippen molar-refractivity contribution in [2.24, 2.45) is 5.92 Å². The summed E-state index contributed by atoms with van der Waals surface area (Å²) in [5.74, 6) is 0.539. The van der Waals surface area contributed by atoms with Gasteiger partial charge in [0, 0.05) is 19.4 Å². The molecular formula is C18H25ClN2O3. The summed E-state index contributed by atoms with van der Waals surface area (Å²) >= 11 is 6.08. The number of hydrogen-bond donors (Lipinski definition) is 0. The molecule has 0 saturated carbocycles. The van der Waals surface area contributed by atoms with E-state index in [1.54, 1.807) is 11.1 Å². The number of carbonyl (C=O) groups excluding carboxylic acids is 1. The third kappa shape index (κ3) is 4.01. The van der Waals surface area contributed by atoms with Crippen LogP contribution in [0.15, 0.2) is 12.3 Å². The first-order valence-corrected chi connectivity index (χ1v) is 8.93. The van der Waals surface area contributed by atoms with E-state index >= 15 is 0 Å². The monoisotopic (exact) mass is 352 g/mol. The van der Waals surface area contributed by atoms with Crippen LogP contribution in [0.2, 0.25) is 5.02 Å². The molecule has 0 radical (unpaired) electrons. The standard InChI is InChI=1S/C18H25ClN2O3/c1-18(2,3)24-17(22)21-11-13-9-14(19)10-20-16(13)15(21)8-12-4-6-23-7-5-12/h9-10,12,15H,4-8,11H2,1-3H3/t15-/m0/s1. The van der Waals surface area contributed by atoms with E-state index in [0.717, 1.165) is 43.7 Å². The molecule has 3 heterocycles. The molecule has 1 saturated heterocycles. The van der Waals surface area contributed by atoms with Crippen LogP contribution in [0.1, 0.15) is 57.3 Å². The first-order valence-electron chi connectivity index (χ1n) is 8.55. The predicted octanol–water partition coefficient (Wildman–Crippen LogP) is 4.34. The molecule has 24 heavy (non-hydrogen) atoms. The zero-order chi connectivity index (χ0) is 17.3. The molecule has 0 N–H and O–H groups in total. The molecule has 5 nitrogen and oxygen atoms in total. The Morgan fingerprint density at radius 1 is 1.42 bits per heavy atom. The first-order chi connectivity index (χ1) is 11.3. The van der Waals surface area contributed by atoms with Gasteiger partial charge in [-0.3, -0.25) is 9.88 Å². The topological polar surface area (TPSA) is 51.7 Å². The van der Waals surface area contributed by atoms with Crippen LogP contribution in [-0.2, 0) is 16.0 Å². The molecule has 1 amide bonds. The van der Waals surface area contributed by atoms with Crippen molar-refractivity contribution in [3.05, 3.63) is 28.5 Å². The molecule has 0 unspecified atom stereocenters. The lowest BCUT2D eigenvalue weighted by Crippen LogP contribution is -2.36. The SMILES string of the molecule is CC(C)(C)OC(=O)N1Cc2cc(Cl)cnc2[C@@H]1CC1CCOCC1. The summed E-state index contributed by atoms with van der Waals surface area (Å²) in [7, 11) is 0. The zero-order valence-corrected chi connectivity index (χ0v) is 15.3. The molecule has 1 aromatic heterocycles. The highest BCUT2D eigenvalue weighted by Crippen LogP contribution is 2.40. The molecule has 132 valence electrons. The van der Waals surface area contributed by atoms with Crippen LogP contribution in [0.5, 0.6) is 0 Å². The second-order valence-corrected chi connectivity index (χ2v) is 8.05. The van der Waals surface area contributed by atoms with Gasteiger partial charge >= 0.3 is 6.09 Å². The van der Waals surface area contributed by atoms with Gasteiger partial charge in [0.25, 0.3) is 0 Å². The average Bonchev–Trinajstić information content (AvgIpc) is 2.84. The number of aromatic nitrogens is 1. The summed E-state index contributed by atoms with van der Waals surface area (Å²) in [4.78, 5) is 19.0. The predicted molar refractivity (Wildman–Crippen MR) is 91.9 cm³/mol. The van der Waals surface area contributed by atoms with Crippen LogP contribution < -0.4 is 0 Å². The van der Waals surface area contributed by atoms with Gasteiger partial charge in [-0.2, -0.15) is 0 Å². The number of pyridine rings is 1. The molecule has 6 heteroatoms. The van der Waals surface area contributed by atoms with Crippen molar-refractivity contribution in [1.82, 2.24) is 9.88 Å². The molecule has 2 aliphatic rings. The van der Waals surface area contributed by atoms with Gasteiger partial charge in [0.1, 0.15) is 5.60 Å². The summed E-state index contributed by atoms with van der Waals surface area (Å²) in [5, 5.41) is 0.601. The van der Waals surface area contributed by atoms with E-state index in [-0.39, 0.29) is 12.1 Å². The molecular weight excluding hydrogens is 328 g/mol. The molecule has 3 rings (SSSR count). The maximum absolute atomic E-state index is 12.7. The molecule has 1 fully saturated rings. The van der Waals surface area contributed by atoms with Gasteiger partial charge < -0.3 is 9.47 Å². The highest BCUT2D eigenvalue weighted by Gasteiger charge is 2.38. The smallest absolute Gasteiger partial charge is 0.411 e. The Balaban J connectivity index is 1.82. The molecule has 0 aliphatic carbocycles. The highest BCUT2D eigenvalue weighted by molar-refractivity contribution is 6.30. The third-order valence-electron chi connectivity index (χ3n) is 4.53. The Hall–Kier alpha value is -1.33. The van der Waals surface area contributed by atoms with Gasteiger partial charge in [0.15, 0.2) is 0 Å². The molecule has 0 aromatic carbocycles. The summed E-state index contributed by atoms with van der Waals surface area (Å²) in [6, 6.07) is 1.86. The van der Waals surface area contributed by atoms with Gasteiger partial charge in [-0.15, -0.1) is 0 Å². The number of halogens is 1. The van der Waals surface area contributed by atoms with Crippen LogP contribution in [0.25, 0.3) is 0 Å². The summed E-state index contributed by atoms with van der Waals surface area (Å²) in [5.41, 5.74) is 1.46. The lowest BCUT2D eigenvalue weighted by atomic mass is 9.91. The summed E-state index contributed by atoms with van der Waals surface area (Å²) in [6.07, 6.45) is 4.33. The molecule has 0 bridgehead atoms. The second-order valence-electron chi connectivity index (χ2n) is 7.61. The number of hydrogen-bond acceptors (Lipinski definition) is 4. The van der Waals surface area contributed by atoms with Crippen LogP contribution in [0, 0.1) is 5.92 Å². The van der Waals surface area contributed by atoms with Crippen molar-refractivity contribution in [3.8, 4) is 0 Å². The van der Waals surface area contributed by atoms with Crippen molar-refractivity contribution >= 4 is 17.7 Å². The van der Waals surface area contributed by atoms with Crippen LogP contribution >= 0.6 is 11.6 Å². The Kier molecular flexibility index (Phi) is 5.02. The van der Waals surface area contributed by atoms with Gasteiger partial charge in [-0.1, -0.05) is 11.6 Å². The van der Waals surface area contributed by atoms with E-state index in [2.05, 4.69) is 4.98 Å². The number of nitrogens with zero attached hydrogens (tertiary/aromatic N) is 2. The fraction of sp³-hybridized carbons (Fsp3) is 0.667. The minimum Gasteiger partial charge on any atom is -0.444 e. The van der Waals surface area contributed by atoms with Crippen molar-refractivity contribution < 1.29 is 14.3 Å². The fourth-order valence-corrected chi connectivity index (χ4v) is 3.59. The minimum atomic E-state index is -0.514. The zero-order valence-electron chi connectivity index (χ0n) is 14.5. The Morgan fingerprint density at radius 3 is 2.79 bits per heavy atom. The Bertz CT molecular complexity index is 609. The van der Waals surface area contributed by atoms with Crippen molar-refractivity contribution in [1.29, 1.82) is 0 Å². The van der Waals surface area contributed by atoms with Crippen LogP contribution in [0.4, 0.5) is 4.79 Å². The molecule has 1 atom stereocenters. The molecule has 1 aromatic rings. The van der Waals surface area contributed by atoms with E-state index < -0.39 is 5.60 Å². The van der Waals surface area contributed by atoms with E-state index in [4.69, 9.17) is 21.1 Å². The van der Waals surface area contributed by atoms with E-state index in [1.165, 1.54) is 0 Å². The maximum Gasteiger partial charge on any atom is 0.411 e. The second kappa shape index (κ2) is 6.89. The van der Waals surface area contributed by atoms with E-state index in [9.17, 15) is 4.79 Å². The fourth-order valence-electron chi connectivity index (χ4n) is 3.41. The third-order valence-corrected chi connectivity index (χ3v) is 4.73. The van der Waals surface area contributed by atoms with Crippen molar-refractivity contribution in [2.75, 3.05) is 13.2 Å². The van der Waals surface area contributed by atoms with Crippen LogP contribution in [-0.4, -0.2) is 34.8 Å².